The number of unbranched alkanes of at least 4 members (excludes halogenated alkanes) is 4. The average molecular weight is 182 g/mol. The topological polar surface area (TPSA) is 0 Å². The first kappa shape index (κ1) is 10.6. The molecule has 0 rings (SSSR count). The van der Waals surface area contributed by atoms with E-state index < -0.39 is 0 Å². The van der Waals surface area contributed by atoms with Crippen LogP contribution in [0.1, 0.15) is 38.5 Å². The molecule has 0 unspecified atom stereocenters. The number of hydrogen-bond donors (Lipinski definition) is 0. The van der Waals surface area contributed by atoms with E-state index in [-0.39, 0.29) is 4.84 Å². The van der Waals surface area contributed by atoms with Gasteiger partial charge in [-0.2, -0.15) is 0 Å². The van der Waals surface area contributed by atoms with Crippen LogP contribution in [0.25, 0.3) is 0 Å². The molecule has 0 fully saturated rings. The van der Waals surface area contributed by atoms with Crippen LogP contribution in [0.2, 0.25) is 0 Å². The molecule has 0 spiro atoms. The first-order chi connectivity index (χ1) is 4.77. The Morgan fingerprint density at radius 3 is 2.10 bits per heavy atom. The summed E-state index contributed by atoms with van der Waals surface area (Å²) in [5.74, 6) is 0. The second-order valence-electron chi connectivity index (χ2n) is 2.45. The molecule has 0 N–H and O–H groups in total. The van der Waals surface area contributed by atoms with Crippen LogP contribution in [0, 0.1) is 6.92 Å². The SMILES string of the molecule is [CH2]CCCCCCC(Cl)Cl. The highest BCUT2D eigenvalue weighted by atomic mass is 35.5. The Morgan fingerprint density at radius 1 is 1.00 bits per heavy atom. The molecule has 0 aliphatic heterocycles. The highest BCUT2D eigenvalue weighted by Crippen LogP contribution is 2.13. The molecule has 0 aliphatic carbocycles. The summed E-state index contributed by atoms with van der Waals surface area (Å²) in [6.45, 7) is 3.77. The maximum atomic E-state index is 5.54. The van der Waals surface area contributed by atoms with E-state index in [4.69, 9.17) is 23.2 Å². The van der Waals surface area contributed by atoms with Crippen molar-refractivity contribution < 1.29 is 0 Å². The largest absolute Gasteiger partial charge is 0.107 e. The van der Waals surface area contributed by atoms with E-state index in [9.17, 15) is 0 Å². The lowest BCUT2D eigenvalue weighted by Gasteiger charge is -1.99. The molecule has 1 radical (unpaired) electrons. The van der Waals surface area contributed by atoms with Crippen molar-refractivity contribution in [1.29, 1.82) is 0 Å². The smallest absolute Gasteiger partial charge is 0.105 e. The molecule has 61 valence electrons. The fraction of sp³-hybridized carbons (Fsp3) is 0.875. The van der Waals surface area contributed by atoms with Crippen LogP contribution >= 0.6 is 23.2 Å². The molecular weight excluding hydrogens is 167 g/mol. The summed E-state index contributed by atoms with van der Waals surface area (Å²) < 4.78 is 0. The zero-order valence-electron chi connectivity index (χ0n) is 6.28. The Hall–Kier alpha value is 0.580. The molecule has 0 bridgehead atoms. The zero-order valence-corrected chi connectivity index (χ0v) is 7.79. The van der Waals surface area contributed by atoms with E-state index in [2.05, 4.69) is 6.92 Å². The van der Waals surface area contributed by atoms with Crippen LogP contribution in [0.5, 0.6) is 0 Å². The van der Waals surface area contributed by atoms with Gasteiger partial charge in [0, 0.05) is 0 Å². The minimum absolute atomic E-state index is 0.167. The molecule has 0 saturated carbocycles. The van der Waals surface area contributed by atoms with E-state index in [0.717, 1.165) is 19.3 Å². The van der Waals surface area contributed by atoms with Gasteiger partial charge in [0.1, 0.15) is 4.84 Å². The van der Waals surface area contributed by atoms with E-state index in [1.54, 1.807) is 0 Å². The van der Waals surface area contributed by atoms with E-state index in [1.807, 2.05) is 0 Å². The van der Waals surface area contributed by atoms with Gasteiger partial charge in [-0.3, -0.25) is 0 Å². The molecule has 0 atom stereocenters. The molecule has 10 heavy (non-hydrogen) atoms. The van der Waals surface area contributed by atoms with E-state index in [0.29, 0.717) is 0 Å². The fourth-order valence-electron chi connectivity index (χ4n) is 0.829. The molecule has 0 aromatic carbocycles. The van der Waals surface area contributed by atoms with E-state index in [1.165, 1.54) is 19.3 Å². The third-order valence-electron chi connectivity index (χ3n) is 1.42. The normalized spacial score (nSPS) is 10.8. The number of halogens is 2. The minimum Gasteiger partial charge on any atom is -0.105 e. The van der Waals surface area contributed by atoms with Crippen LogP contribution < -0.4 is 0 Å². The van der Waals surface area contributed by atoms with Gasteiger partial charge < -0.3 is 0 Å². The van der Waals surface area contributed by atoms with Crippen molar-refractivity contribution >= 4 is 23.2 Å². The third kappa shape index (κ3) is 8.58. The van der Waals surface area contributed by atoms with Gasteiger partial charge in [0.05, 0.1) is 0 Å². The maximum absolute atomic E-state index is 5.54. The van der Waals surface area contributed by atoms with Crippen molar-refractivity contribution in [3.63, 3.8) is 0 Å². The summed E-state index contributed by atoms with van der Waals surface area (Å²) in [6.07, 6.45) is 6.87. The van der Waals surface area contributed by atoms with Crippen LogP contribution in [0.15, 0.2) is 0 Å². The predicted molar refractivity (Wildman–Crippen MR) is 48.6 cm³/mol. The minimum atomic E-state index is -0.167. The van der Waals surface area contributed by atoms with Gasteiger partial charge in [0.25, 0.3) is 0 Å². The molecule has 0 aromatic heterocycles. The van der Waals surface area contributed by atoms with Crippen LogP contribution in [0.4, 0.5) is 0 Å². The zero-order chi connectivity index (χ0) is 7.82. The lowest BCUT2D eigenvalue weighted by atomic mass is 10.1. The van der Waals surface area contributed by atoms with Gasteiger partial charge in [-0.15, -0.1) is 23.2 Å². The Kier molecular flexibility index (Phi) is 8.13. The summed E-state index contributed by atoms with van der Waals surface area (Å²) in [7, 11) is 0. The summed E-state index contributed by atoms with van der Waals surface area (Å²) in [4.78, 5) is -0.167. The van der Waals surface area contributed by atoms with Crippen molar-refractivity contribution in [3.05, 3.63) is 6.92 Å². The second kappa shape index (κ2) is 7.68. The second-order valence-corrected chi connectivity index (χ2v) is 3.72. The van der Waals surface area contributed by atoms with Gasteiger partial charge in [-0.25, -0.2) is 0 Å². The Balaban J connectivity index is 2.77. The number of rotatable bonds is 6. The van der Waals surface area contributed by atoms with Gasteiger partial charge in [-0.05, 0) is 6.42 Å². The summed E-state index contributed by atoms with van der Waals surface area (Å²) >= 11 is 11.1. The summed E-state index contributed by atoms with van der Waals surface area (Å²) in [5.41, 5.74) is 0. The predicted octanol–water partition coefficient (Wildman–Crippen LogP) is 3.96. The summed E-state index contributed by atoms with van der Waals surface area (Å²) in [5, 5.41) is 0. The fourth-order valence-corrected chi connectivity index (χ4v) is 1.14. The van der Waals surface area contributed by atoms with Gasteiger partial charge in [0.15, 0.2) is 0 Å². The van der Waals surface area contributed by atoms with Gasteiger partial charge >= 0.3 is 0 Å². The number of alkyl halides is 2. The van der Waals surface area contributed by atoms with Crippen LogP contribution in [0.3, 0.4) is 0 Å². The van der Waals surface area contributed by atoms with Gasteiger partial charge in [-0.1, -0.05) is 39.0 Å². The lowest BCUT2D eigenvalue weighted by Crippen LogP contribution is -1.86. The molecule has 0 aromatic rings. The Labute approximate surface area is 73.9 Å². The Morgan fingerprint density at radius 2 is 1.60 bits per heavy atom. The average Bonchev–Trinajstić information content (AvgIpc) is 1.87. The van der Waals surface area contributed by atoms with E-state index >= 15 is 0 Å². The first-order valence-corrected chi connectivity index (χ1v) is 4.72. The molecule has 2 heteroatoms. The molecule has 0 saturated heterocycles. The monoisotopic (exact) mass is 181 g/mol. The maximum Gasteiger partial charge on any atom is 0.107 e. The van der Waals surface area contributed by atoms with Crippen molar-refractivity contribution in [2.75, 3.05) is 0 Å². The Bertz CT molecular complexity index is 62.3. The van der Waals surface area contributed by atoms with Crippen LogP contribution in [-0.2, 0) is 0 Å². The van der Waals surface area contributed by atoms with Crippen LogP contribution in [-0.4, -0.2) is 4.84 Å². The molecule has 0 aliphatic rings. The van der Waals surface area contributed by atoms with Crippen molar-refractivity contribution in [2.45, 2.75) is 43.4 Å². The molecule has 0 nitrogen and oxygen atoms in total. The molecular formula is C8H15Cl2. The van der Waals surface area contributed by atoms with Crippen molar-refractivity contribution in [3.8, 4) is 0 Å². The van der Waals surface area contributed by atoms with Crippen molar-refractivity contribution in [1.82, 2.24) is 0 Å². The first-order valence-electron chi connectivity index (χ1n) is 3.84. The highest BCUT2D eigenvalue weighted by molar-refractivity contribution is 6.44. The number of hydrogen-bond acceptors (Lipinski definition) is 0. The molecule has 0 heterocycles. The lowest BCUT2D eigenvalue weighted by molar-refractivity contribution is 0.631. The highest BCUT2D eigenvalue weighted by Gasteiger charge is 1.96. The standard InChI is InChI=1S/C8H15Cl2/c1-2-3-4-5-6-7-8(9)10/h8H,1-7H2. The quantitative estimate of drug-likeness (QED) is 0.430. The third-order valence-corrected chi connectivity index (χ3v) is 1.86. The summed E-state index contributed by atoms with van der Waals surface area (Å²) in [6, 6.07) is 0. The van der Waals surface area contributed by atoms with Gasteiger partial charge in [0.2, 0.25) is 0 Å². The molecule has 0 amide bonds. The van der Waals surface area contributed by atoms with Crippen molar-refractivity contribution in [2.24, 2.45) is 0 Å².